The van der Waals surface area contributed by atoms with Crippen molar-refractivity contribution in [3.05, 3.63) is 37.0 Å². The van der Waals surface area contributed by atoms with Crippen LogP contribution in [0.1, 0.15) is 34.1 Å². The standard InChI is InChI=1S/C6H10O2.C5H13N.C5H8O2.C3H4O2.ClH/c1-4-8-6(7)5(2)3;1-4-5-6(2)3;1-4(2)5(6)7-3;1-2-3(4)5;/h2,4H2,1,3H3;4-5H2,1-3H3;1H2,2-3H3;2H,1H2,(H,4,5);1H/p-1. The highest BCUT2D eigenvalue weighted by molar-refractivity contribution is 5.87. The first kappa shape index (κ1) is 35.9. The van der Waals surface area contributed by atoms with E-state index in [-0.39, 0.29) is 24.3 Å². The molecule has 0 unspecified atom stereocenters. The van der Waals surface area contributed by atoms with Crippen molar-refractivity contribution in [1.29, 1.82) is 0 Å². The summed E-state index contributed by atoms with van der Waals surface area (Å²) in [6.45, 7) is 18.6. The van der Waals surface area contributed by atoms with Crippen LogP contribution in [0.5, 0.6) is 0 Å². The van der Waals surface area contributed by atoms with Crippen LogP contribution in [0.15, 0.2) is 37.0 Å². The van der Waals surface area contributed by atoms with E-state index in [1.54, 1.807) is 20.8 Å². The molecule has 0 amide bonds. The van der Waals surface area contributed by atoms with Gasteiger partial charge in [-0.05, 0) is 33.3 Å². The van der Waals surface area contributed by atoms with E-state index < -0.39 is 5.97 Å². The van der Waals surface area contributed by atoms with Gasteiger partial charge in [0, 0.05) is 11.1 Å². The second kappa shape index (κ2) is 26.1. The average molecular weight is 409 g/mol. The van der Waals surface area contributed by atoms with Crippen molar-refractivity contribution in [1.82, 2.24) is 0 Å². The second-order valence-corrected chi connectivity index (χ2v) is 5.25. The van der Waals surface area contributed by atoms with Crippen molar-refractivity contribution < 1.29 is 46.3 Å². The van der Waals surface area contributed by atoms with E-state index in [9.17, 15) is 9.59 Å². The van der Waals surface area contributed by atoms with Crippen LogP contribution < -0.4 is 22.4 Å². The second-order valence-electron chi connectivity index (χ2n) is 5.25. The van der Waals surface area contributed by atoms with Crippen LogP contribution in [-0.4, -0.2) is 52.3 Å². The number of rotatable bonds is 6. The summed E-state index contributed by atoms with van der Waals surface area (Å²) in [6.07, 6.45) is 2.02. The highest BCUT2D eigenvalue weighted by Crippen LogP contribution is 1.89. The van der Waals surface area contributed by atoms with E-state index in [2.05, 4.69) is 50.2 Å². The number of esters is 2. The van der Waals surface area contributed by atoms with Gasteiger partial charge in [-0.3, -0.25) is 0 Å². The summed E-state index contributed by atoms with van der Waals surface area (Å²) in [5.74, 6) is -1.89. The summed E-state index contributed by atoms with van der Waals surface area (Å²) in [6, 6.07) is 0. The lowest BCUT2D eigenvalue weighted by atomic mass is 10.4. The predicted molar refractivity (Wildman–Crippen MR) is 101 cm³/mol. The molecular formula is C19H35ClNO6-. The van der Waals surface area contributed by atoms with Crippen LogP contribution in [0.25, 0.3) is 0 Å². The van der Waals surface area contributed by atoms with Crippen LogP contribution in [0, 0.1) is 0 Å². The van der Waals surface area contributed by atoms with Crippen molar-refractivity contribution in [2.45, 2.75) is 34.1 Å². The Bertz CT molecular complexity index is 447. The molecule has 0 aliphatic heterocycles. The van der Waals surface area contributed by atoms with Gasteiger partial charge >= 0.3 is 11.9 Å². The largest absolute Gasteiger partial charge is 1.00 e. The maximum absolute atomic E-state index is 10.4. The first-order valence-corrected chi connectivity index (χ1v) is 8.09. The van der Waals surface area contributed by atoms with Gasteiger partial charge in [-0.15, -0.1) is 0 Å². The van der Waals surface area contributed by atoms with Crippen molar-refractivity contribution in [3.8, 4) is 0 Å². The minimum absolute atomic E-state index is 0. The van der Waals surface area contributed by atoms with Gasteiger partial charge in [0.1, 0.15) is 0 Å². The molecule has 0 aromatic heterocycles. The fraction of sp³-hybridized carbons (Fsp3) is 0.526. The monoisotopic (exact) mass is 408 g/mol. The number of aliphatic carboxylic acids is 1. The summed E-state index contributed by atoms with van der Waals surface area (Å²) >= 11 is 0. The summed E-state index contributed by atoms with van der Waals surface area (Å²) in [4.78, 5) is 31.3. The van der Waals surface area contributed by atoms with Gasteiger partial charge in [0.05, 0.1) is 40.3 Å². The number of nitrogens with one attached hydrogen (secondary N) is 1. The number of ether oxygens (including phenoxy) is 2. The van der Waals surface area contributed by atoms with E-state index in [1.165, 1.54) is 25.0 Å². The zero-order valence-corrected chi connectivity index (χ0v) is 18.4. The lowest BCUT2D eigenvalue weighted by molar-refractivity contribution is -0.858. The van der Waals surface area contributed by atoms with Gasteiger partial charge in [0.25, 0.3) is 0 Å². The Morgan fingerprint density at radius 2 is 1.41 bits per heavy atom. The molecule has 0 saturated carbocycles. The average Bonchev–Trinajstić information content (AvgIpc) is 2.55. The molecule has 7 nitrogen and oxygen atoms in total. The Labute approximate surface area is 170 Å². The van der Waals surface area contributed by atoms with Crippen molar-refractivity contribution in [2.24, 2.45) is 0 Å². The van der Waals surface area contributed by atoms with Crippen LogP contribution >= 0.6 is 0 Å². The molecule has 0 spiro atoms. The molecule has 0 atom stereocenters. The molecule has 0 radical (unpaired) electrons. The summed E-state index contributed by atoms with van der Waals surface area (Å²) in [5, 5.41) is 9.14. The first-order chi connectivity index (χ1) is 11.9. The van der Waals surface area contributed by atoms with Crippen LogP contribution in [0.2, 0.25) is 0 Å². The van der Waals surface area contributed by atoms with Gasteiger partial charge in [-0.2, -0.15) is 0 Å². The molecule has 27 heavy (non-hydrogen) atoms. The number of methoxy groups -OCH3 is 1. The number of carbonyl (C=O) groups excluding carboxylic acids is 3. The molecule has 8 heteroatoms. The van der Waals surface area contributed by atoms with Gasteiger partial charge < -0.3 is 36.7 Å². The Balaban J connectivity index is -0.0000000798. The third-order valence-corrected chi connectivity index (χ3v) is 2.07. The summed E-state index contributed by atoms with van der Waals surface area (Å²) in [5.41, 5.74) is 0.884. The SMILES string of the molecule is C=C(C)C(=O)OC.C=C(C)C(=O)OCC.C=CC(=O)[O-].CCC[NH+](C)C.[Cl-]. The minimum Gasteiger partial charge on any atom is -1.00 e. The molecule has 0 aliphatic carbocycles. The van der Waals surface area contributed by atoms with Crippen molar-refractivity contribution in [3.63, 3.8) is 0 Å². The summed E-state index contributed by atoms with van der Waals surface area (Å²) in [7, 11) is 5.67. The molecule has 0 aliphatic rings. The molecule has 0 fully saturated rings. The topological polar surface area (TPSA) is 97.2 Å². The lowest BCUT2D eigenvalue weighted by Gasteiger charge is -2.01. The quantitative estimate of drug-likeness (QED) is 0.380. The normalized spacial score (nSPS) is 7.85. The molecule has 0 bridgehead atoms. The number of carboxylic acids is 1. The zero-order valence-electron chi connectivity index (χ0n) is 17.6. The fourth-order valence-electron chi connectivity index (χ4n) is 0.929. The Kier molecular flexibility index (Phi) is 34.7. The zero-order chi connectivity index (χ0) is 21.7. The molecule has 160 valence electrons. The molecule has 0 saturated heterocycles. The molecular weight excluding hydrogens is 374 g/mol. The third-order valence-electron chi connectivity index (χ3n) is 2.07. The number of carbonyl (C=O) groups is 3. The predicted octanol–water partition coefficient (Wildman–Crippen LogP) is -2.67. The first-order valence-electron chi connectivity index (χ1n) is 8.09. The Morgan fingerprint density at radius 1 is 1.04 bits per heavy atom. The fourth-order valence-corrected chi connectivity index (χ4v) is 0.929. The molecule has 1 N–H and O–H groups in total. The minimum atomic E-state index is -1.23. The van der Waals surface area contributed by atoms with Gasteiger partial charge in [0.2, 0.25) is 0 Å². The maximum Gasteiger partial charge on any atom is 0.333 e. The Morgan fingerprint density at radius 3 is 1.44 bits per heavy atom. The Hall–Kier alpha value is -2.12. The maximum atomic E-state index is 10.4. The van der Waals surface area contributed by atoms with E-state index in [4.69, 9.17) is 9.90 Å². The van der Waals surface area contributed by atoms with E-state index in [0.717, 1.165) is 6.08 Å². The number of hydrogen-bond acceptors (Lipinski definition) is 6. The number of carboxylic acid groups (broad SMARTS) is 1. The van der Waals surface area contributed by atoms with Gasteiger partial charge in [-0.1, -0.05) is 26.7 Å². The molecule has 0 heterocycles. The van der Waals surface area contributed by atoms with Crippen LogP contribution in [-0.2, 0) is 23.9 Å². The van der Waals surface area contributed by atoms with Crippen LogP contribution in [0.4, 0.5) is 0 Å². The highest BCUT2D eigenvalue weighted by Gasteiger charge is 1.98. The third kappa shape index (κ3) is 45.3. The van der Waals surface area contributed by atoms with E-state index in [1.807, 2.05) is 0 Å². The molecule has 0 rings (SSSR count). The highest BCUT2D eigenvalue weighted by atomic mass is 35.5. The van der Waals surface area contributed by atoms with E-state index in [0.29, 0.717) is 17.8 Å². The number of hydrogen-bond donors (Lipinski definition) is 1. The van der Waals surface area contributed by atoms with Crippen LogP contribution in [0.3, 0.4) is 0 Å². The number of quaternary nitrogens is 1. The molecule has 0 aromatic carbocycles. The summed E-state index contributed by atoms with van der Waals surface area (Å²) < 4.78 is 8.84. The van der Waals surface area contributed by atoms with Gasteiger partial charge in [0.15, 0.2) is 0 Å². The van der Waals surface area contributed by atoms with Crippen molar-refractivity contribution >= 4 is 17.9 Å². The van der Waals surface area contributed by atoms with E-state index >= 15 is 0 Å². The smallest absolute Gasteiger partial charge is 0.333 e. The number of halogens is 1. The van der Waals surface area contributed by atoms with Crippen molar-refractivity contribution in [2.75, 3.05) is 34.4 Å². The lowest BCUT2D eigenvalue weighted by Crippen LogP contribution is -3.05. The molecule has 0 aromatic rings. The van der Waals surface area contributed by atoms with Gasteiger partial charge in [-0.25, -0.2) is 9.59 Å².